The van der Waals surface area contributed by atoms with Crippen molar-refractivity contribution in [3.05, 3.63) is 54.1 Å². The second-order valence-electron chi connectivity index (χ2n) is 10.6. The Kier molecular flexibility index (Phi) is 27.3. The molecular formula is C35H57NO14S. The maximum absolute atomic E-state index is 12.1. The van der Waals surface area contributed by atoms with Gasteiger partial charge in [0.1, 0.15) is 12.4 Å². The van der Waals surface area contributed by atoms with Crippen LogP contribution < -0.4 is 10.5 Å². The van der Waals surface area contributed by atoms with Crippen LogP contribution in [0.4, 0.5) is 5.69 Å². The molecule has 0 fully saturated rings. The molecule has 0 aliphatic rings. The Morgan fingerprint density at radius 1 is 0.412 bits per heavy atom. The highest BCUT2D eigenvalue weighted by atomic mass is 32.2. The number of anilines is 1. The zero-order valence-electron chi connectivity index (χ0n) is 29.9. The lowest BCUT2D eigenvalue weighted by Crippen LogP contribution is -2.16. The van der Waals surface area contributed by atoms with Crippen LogP contribution in [0.5, 0.6) is 5.75 Å². The van der Waals surface area contributed by atoms with E-state index in [1.54, 1.807) is 24.3 Å². The highest BCUT2D eigenvalue weighted by Gasteiger charge is 2.14. The van der Waals surface area contributed by atoms with Gasteiger partial charge in [-0.25, -0.2) is 0 Å². The second kappa shape index (κ2) is 31.1. The second-order valence-corrected chi connectivity index (χ2v) is 12.2. The summed E-state index contributed by atoms with van der Waals surface area (Å²) in [6, 6.07) is 13.7. The first kappa shape index (κ1) is 44.7. The van der Waals surface area contributed by atoms with Gasteiger partial charge in [0.05, 0.1) is 144 Å². The van der Waals surface area contributed by atoms with E-state index >= 15 is 0 Å². The number of hydrogen-bond donors (Lipinski definition) is 1. The Bertz CT molecular complexity index is 1170. The fourth-order valence-electron chi connectivity index (χ4n) is 3.84. The minimum Gasteiger partial charge on any atom is -0.491 e. The van der Waals surface area contributed by atoms with Crippen LogP contribution in [0.3, 0.4) is 0 Å². The molecule has 0 aromatic heterocycles. The van der Waals surface area contributed by atoms with Gasteiger partial charge in [0.25, 0.3) is 10.1 Å². The first-order chi connectivity index (χ1) is 25.0. The van der Waals surface area contributed by atoms with Crippen LogP contribution in [0, 0.1) is 6.92 Å². The molecule has 16 heteroatoms. The van der Waals surface area contributed by atoms with Crippen LogP contribution in [0.25, 0.3) is 0 Å². The average Bonchev–Trinajstić information content (AvgIpc) is 3.12. The predicted molar refractivity (Wildman–Crippen MR) is 189 cm³/mol. The molecule has 0 saturated carbocycles. The quantitative estimate of drug-likeness (QED) is 0.0612. The number of rotatable bonds is 36. The third-order valence-electron chi connectivity index (χ3n) is 6.50. The molecule has 2 rings (SSSR count). The Labute approximate surface area is 302 Å². The summed E-state index contributed by atoms with van der Waals surface area (Å²) in [6.07, 6.45) is 0. The van der Waals surface area contributed by atoms with Crippen molar-refractivity contribution >= 4 is 15.8 Å². The molecule has 0 atom stereocenters. The van der Waals surface area contributed by atoms with E-state index in [2.05, 4.69) is 0 Å². The zero-order chi connectivity index (χ0) is 36.5. The van der Waals surface area contributed by atoms with Crippen molar-refractivity contribution in [2.75, 3.05) is 151 Å². The molecule has 0 saturated heterocycles. The van der Waals surface area contributed by atoms with Gasteiger partial charge in [-0.1, -0.05) is 17.7 Å². The van der Waals surface area contributed by atoms with Crippen LogP contribution in [-0.4, -0.2) is 154 Å². The number of benzene rings is 2. The fourth-order valence-corrected chi connectivity index (χ4v) is 4.73. The van der Waals surface area contributed by atoms with E-state index in [9.17, 15) is 8.42 Å². The lowest BCUT2D eigenvalue weighted by molar-refractivity contribution is -0.0269. The number of aryl methyl sites for hydroxylation is 1. The van der Waals surface area contributed by atoms with Crippen molar-refractivity contribution in [3.8, 4) is 5.75 Å². The molecule has 2 aromatic carbocycles. The summed E-state index contributed by atoms with van der Waals surface area (Å²) in [5.41, 5.74) is 7.32. The summed E-state index contributed by atoms with van der Waals surface area (Å²) < 4.78 is 89.2. The summed E-state index contributed by atoms with van der Waals surface area (Å²) in [7, 11) is -3.78. The lowest BCUT2D eigenvalue weighted by Gasteiger charge is -2.09. The molecule has 0 spiro atoms. The Morgan fingerprint density at radius 2 is 0.706 bits per heavy atom. The Hall–Kier alpha value is -2.45. The van der Waals surface area contributed by atoms with Crippen molar-refractivity contribution < 1.29 is 64.7 Å². The molecule has 0 radical (unpaired) electrons. The van der Waals surface area contributed by atoms with Gasteiger partial charge < -0.3 is 57.8 Å². The first-order valence-electron chi connectivity index (χ1n) is 17.2. The Morgan fingerprint density at radius 3 is 1.04 bits per heavy atom. The summed E-state index contributed by atoms with van der Waals surface area (Å²) in [6.45, 7) is 11.2. The normalized spacial score (nSPS) is 11.7. The minimum absolute atomic E-state index is 0.0619. The molecule has 292 valence electrons. The summed E-state index contributed by atoms with van der Waals surface area (Å²) in [5, 5.41) is 0. The maximum Gasteiger partial charge on any atom is 0.297 e. The molecule has 0 heterocycles. The fraction of sp³-hybridized carbons (Fsp3) is 0.657. The minimum atomic E-state index is -3.78. The zero-order valence-corrected chi connectivity index (χ0v) is 30.7. The van der Waals surface area contributed by atoms with E-state index in [0.29, 0.717) is 138 Å². The molecule has 2 N–H and O–H groups in total. The molecule has 0 unspecified atom stereocenters. The largest absolute Gasteiger partial charge is 0.491 e. The van der Waals surface area contributed by atoms with E-state index in [-0.39, 0.29) is 18.1 Å². The summed E-state index contributed by atoms with van der Waals surface area (Å²) >= 11 is 0. The predicted octanol–water partition coefficient (Wildman–Crippen LogP) is 2.53. The number of nitrogens with two attached hydrogens (primary N) is 1. The van der Waals surface area contributed by atoms with Crippen LogP contribution in [-0.2, 0) is 61.7 Å². The van der Waals surface area contributed by atoms with Gasteiger partial charge in [-0.2, -0.15) is 8.42 Å². The van der Waals surface area contributed by atoms with E-state index in [4.69, 9.17) is 62.0 Å². The van der Waals surface area contributed by atoms with Crippen LogP contribution in [0.2, 0.25) is 0 Å². The highest BCUT2D eigenvalue weighted by Crippen LogP contribution is 2.13. The maximum atomic E-state index is 12.1. The van der Waals surface area contributed by atoms with E-state index in [1.807, 2.05) is 19.1 Å². The molecule has 0 aliphatic carbocycles. The Balaban J connectivity index is 1.17. The first-order valence-corrected chi connectivity index (χ1v) is 18.6. The van der Waals surface area contributed by atoms with Gasteiger partial charge in [-0.3, -0.25) is 4.18 Å². The summed E-state index contributed by atoms with van der Waals surface area (Å²) in [4.78, 5) is 0.126. The van der Waals surface area contributed by atoms with Crippen molar-refractivity contribution in [1.82, 2.24) is 0 Å². The molecule has 0 bridgehead atoms. The van der Waals surface area contributed by atoms with Gasteiger partial charge in [0, 0.05) is 5.69 Å². The molecule has 0 aliphatic heterocycles. The highest BCUT2D eigenvalue weighted by molar-refractivity contribution is 7.86. The van der Waals surface area contributed by atoms with Gasteiger partial charge in [-0.05, 0) is 43.3 Å². The van der Waals surface area contributed by atoms with Gasteiger partial charge in [-0.15, -0.1) is 0 Å². The van der Waals surface area contributed by atoms with Crippen LogP contribution in [0.1, 0.15) is 5.56 Å². The SMILES string of the molecule is Cc1ccc(S(=O)(=O)OCCOCCOCCOCCOCCOCCOCCOCCOCCOCCOCCOc2ccc(N)cc2)cc1. The molecule has 2 aromatic rings. The van der Waals surface area contributed by atoms with Gasteiger partial charge in [0.15, 0.2) is 0 Å². The smallest absolute Gasteiger partial charge is 0.297 e. The third-order valence-corrected chi connectivity index (χ3v) is 7.83. The number of nitrogen functional groups attached to an aromatic ring is 1. The van der Waals surface area contributed by atoms with Gasteiger partial charge in [0.2, 0.25) is 0 Å². The van der Waals surface area contributed by atoms with Gasteiger partial charge >= 0.3 is 0 Å². The van der Waals surface area contributed by atoms with E-state index in [1.165, 1.54) is 12.1 Å². The average molecular weight is 748 g/mol. The van der Waals surface area contributed by atoms with Crippen LogP contribution >= 0.6 is 0 Å². The molecule has 15 nitrogen and oxygen atoms in total. The third kappa shape index (κ3) is 26.0. The van der Waals surface area contributed by atoms with Crippen molar-refractivity contribution in [1.29, 1.82) is 0 Å². The molecular weight excluding hydrogens is 690 g/mol. The molecule has 51 heavy (non-hydrogen) atoms. The molecule has 0 amide bonds. The standard InChI is InChI=1S/C35H57NO14S/c1-32-2-8-35(9-3-32)51(37,38)50-31-29-48-27-25-46-23-21-44-19-17-42-15-13-40-11-10-39-12-14-41-16-18-43-20-22-45-24-26-47-28-30-49-34-6-4-33(36)5-7-34/h2-9H,10-31,36H2,1H3. The van der Waals surface area contributed by atoms with Crippen molar-refractivity contribution in [2.24, 2.45) is 0 Å². The topological polar surface area (TPSA) is 171 Å². The summed E-state index contributed by atoms with van der Waals surface area (Å²) in [5.74, 6) is 0.764. The number of hydrogen-bond acceptors (Lipinski definition) is 15. The van der Waals surface area contributed by atoms with Crippen molar-refractivity contribution in [2.45, 2.75) is 11.8 Å². The number of ether oxygens (including phenoxy) is 11. The monoisotopic (exact) mass is 747 g/mol. The lowest BCUT2D eigenvalue weighted by atomic mass is 10.2. The van der Waals surface area contributed by atoms with E-state index < -0.39 is 10.1 Å². The van der Waals surface area contributed by atoms with Crippen molar-refractivity contribution in [3.63, 3.8) is 0 Å². The van der Waals surface area contributed by atoms with E-state index in [0.717, 1.165) is 11.3 Å². The van der Waals surface area contributed by atoms with Crippen LogP contribution in [0.15, 0.2) is 53.4 Å².